The fourth-order valence-electron chi connectivity index (χ4n) is 1.62. The minimum Gasteiger partial charge on any atom is -0.219 e. The topological polar surface area (TPSA) is 30.7 Å². The van der Waals surface area contributed by atoms with Crippen molar-refractivity contribution in [2.24, 2.45) is 0 Å². The summed E-state index contributed by atoms with van der Waals surface area (Å²) in [7, 11) is 0. The zero-order valence-corrected chi connectivity index (χ0v) is 11.8. The molecule has 0 spiro atoms. The predicted molar refractivity (Wildman–Crippen MR) is 70.3 cm³/mol. The van der Waals surface area contributed by atoms with Gasteiger partial charge in [-0.3, -0.25) is 0 Å². The molecule has 1 aromatic carbocycles. The normalized spacial score (nSPS) is 13.5. The van der Waals surface area contributed by atoms with Crippen LogP contribution in [-0.2, 0) is 6.18 Å². The van der Waals surface area contributed by atoms with Crippen molar-refractivity contribution in [2.75, 3.05) is 0 Å². The van der Waals surface area contributed by atoms with Crippen LogP contribution in [0.2, 0.25) is 5.02 Å². The highest BCUT2D eigenvalue weighted by atomic mass is 35.5. The Hall–Kier alpha value is -1.27. The van der Waals surface area contributed by atoms with Gasteiger partial charge in [0.25, 0.3) is 0 Å². The van der Waals surface area contributed by atoms with Crippen LogP contribution in [0.4, 0.5) is 13.2 Å². The van der Waals surface area contributed by atoms with E-state index in [0.29, 0.717) is 17.8 Å². The molecule has 8 heteroatoms. The van der Waals surface area contributed by atoms with Crippen molar-refractivity contribution in [1.82, 2.24) is 15.0 Å². The molecule has 0 bridgehead atoms. The SMILES string of the molecule is CCC(Cl)c1cn(-c2ccc(C(F)(F)F)cc2Cl)nn1. The second kappa shape index (κ2) is 5.61. The number of rotatable bonds is 3. The van der Waals surface area contributed by atoms with Gasteiger partial charge in [-0.15, -0.1) is 16.7 Å². The van der Waals surface area contributed by atoms with Crippen LogP contribution in [0, 0.1) is 0 Å². The number of benzene rings is 1. The number of hydrogen-bond donors (Lipinski definition) is 0. The smallest absolute Gasteiger partial charge is 0.219 e. The predicted octanol–water partition coefficient (Wildman–Crippen LogP) is 4.63. The lowest BCUT2D eigenvalue weighted by Gasteiger charge is -2.09. The van der Waals surface area contributed by atoms with Crippen molar-refractivity contribution in [3.05, 3.63) is 40.7 Å². The van der Waals surface area contributed by atoms with Crippen molar-refractivity contribution in [2.45, 2.75) is 24.9 Å². The van der Waals surface area contributed by atoms with Crippen molar-refractivity contribution in [3.8, 4) is 5.69 Å². The molecule has 1 heterocycles. The Bertz CT molecular complexity index is 610. The fourth-order valence-corrected chi connectivity index (χ4v) is 1.98. The van der Waals surface area contributed by atoms with Gasteiger partial charge in [-0.05, 0) is 24.6 Å². The van der Waals surface area contributed by atoms with Crippen molar-refractivity contribution < 1.29 is 13.2 Å². The fraction of sp³-hybridized carbons (Fsp3) is 0.333. The van der Waals surface area contributed by atoms with Crippen molar-refractivity contribution >= 4 is 23.2 Å². The van der Waals surface area contributed by atoms with E-state index in [9.17, 15) is 13.2 Å². The number of alkyl halides is 4. The highest BCUT2D eigenvalue weighted by Gasteiger charge is 2.31. The maximum atomic E-state index is 12.5. The Morgan fingerprint density at radius 3 is 2.60 bits per heavy atom. The van der Waals surface area contributed by atoms with Crippen LogP contribution in [0.5, 0.6) is 0 Å². The van der Waals surface area contributed by atoms with Gasteiger partial charge in [0.05, 0.1) is 27.8 Å². The van der Waals surface area contributed by atoms with E-state index in [0.717, 1.165) is 12.1 Å². The first-order valence-corrected chi connectivity index (χ1v) is 6.57. The van der Waals surface area contributed by atoms with E-state index >= 15 is 0 Å². The first kappa shape index (κ1) is 15.1. The van der Waals surface area contributed by atoms with E-state index in [2.05, 4.69) is 10.3 Å². The van der Waals surface area contributed by atoms with Gasteiger partial charge >= 0.3 is 6.18 Å². The minimum atomic E-state index is -4.43. The molecule has 1 aromatic heterocycles. The lowest BCUT2D eigenvalue weighted by atomic mass is 10.2. The van der Waals surface area contributed by atoms with E-state index in [1.54, 1.807) is 6.20 Å². The first-order valence-electron chi connectivity index (χ1n) is 5.76. The molecule has 0 aliphatic carbocycles. The Morgan fingerprint density at radius 1 is 1.35 bits per heavy atom. The molecule has 0 N–H and O–H groups in total. The van der Waals surface area contributed by atoms with Gasteiger partial charge in [-0.1, -0.05) is 23.7 Å². The van der Waals surface area contributed by atoms with E-state index in [4.69, 9.17) is 23.2 Å². The van der Waals surface area contributed by atoms with Crippen LogP contribution in [0.15, 0.2) is 24.4 Å². The Morgan fingerprint density at radius 2 is 2.05 bits per heavy atom. The summed E-state index contributed by atoms with van der Waals surface area (Å²) < 4.78 is 38.9. The summed E-state index contributed by atoms with van der Waals surface area (Å²) in [6.07, 6.45) is -2.21. The summed E-state index contributed by atoms with van der Waals surface area (Å²) in [4.78, 5) is 0. The Kier molecular flexibility index (Phi) is 4.25. The second-order valence-electron chi connectivity index (χ2n) is 4.13. The van der Waals surface area contributed by atoms with Crippen molar-refractivity contribution in [3.63, 3.8) is 0 Å². The van der Waals surface area contributed by atoms with Gasteiger partial charge in [0.1, 0.15) is 5.69 Å². The molecule has 1 unspecified atom stereocenters. The van der Waals surface area contributed by atoms with E-state index < -0.39 is 11.7 Å². The van der Waals surface area contributed by atoms with Crippen LogP contribution in [0.1, 0.15) is 30.0 Å². The molecular formula is C12H10Cl2F3N3. The monoisotopic (exact) mass is 323 g/mol. The van der Waals surface area contributed by atoms with E-state index in [-0.39, 0.29) is 10.4 Å². The quantitative estimate of drug-likeness (QED) is 0.771. The Labute approximate surface area is 123 Å². The molecule has 0 aliphatic rings. The number of hydrogen-bond acceptors (Lipinski definition) is 2. The average Bonchev–Trinajstić information content (AvgIpc) is 2.86. The maximum Gasteiger partial charge on any atom is 0.416 e. The summed E-state index contributed by atoms with van der Waals surface area (Å²) in [6, 6.07) is 3.05. The number of aromatic nitrogens is 3. The van der Waals surface area contributed by atoms with Gasteiger partial charge in [0.2, 0.25) is 0 Å². The highest BCUT2D eigenvalue weighted by Crippen LogP contribution is 2.33. The minimum absolute atomic E-state index is 0.0566. The summed E-state index contributed by atoms with van der Waals surface area (Å²) in [6.45, 7) is 1.89. The first-order chi connectivity index (χ1) is 9.32. The summed E-state index contributed by atoms with van der Waals surface area (Å²) >= 11 is 11.9. The highest BCUT2D eigenvalue weighted by molar-refractivity contribution is 6.32. The zero-order valence-electron chi connectivity index (χ0n) is 10.3. The van der Waals surface area contributed by atoms with Crippen LogP contribution >= 0.6 is 23.2 Å². The summed E-state index contributed by atoms with van der Waals surface area (Å²) in [5.41, 5.74) is 0.0545. The Balaban J connectivity index is 2.36. The summed E-state index contributed by atoms with van der Waals surface area (Å²) in [5, 5.41) is 7.35. The molecule has 2 aromatic rings. The third-order valence-electron chi connectivity index (χ3n) is 2.71. The molecular weight excluding hydrogens is 314 g/mol. The van der Waals surface area contributed by atoms with Crippen LogP contribution in [0.25, 0.3) is 5.69 Å². The molecule has 0 saturated heterocycles. The number of nitrogens with zero attached hydrogens (tertiary/aromatic N) is 3. The third kappa shape index (κ3) is 3.07. The number of halogens is 5. The lowest BCUT2D eigenvalue weighted by Crippen LogP contribution is -2.06. The van der Waals surface area contributed by atoms with Gasteiger partial charge in [-0.25, -0.2) is 4.68 Å². The summed E-state index contributed by atoms with van der Waals surface area (Å²) in [5.74, 6) is 0. The van der Waals surface area contributed by atoms with E-state index in [1.165, 1.54) is 10.7 Å². The molecule has 2 rings (SSSR count). The lowest BCUT2D eigenvalue weighted by molar-refractivity contribution is -0.137. The molecule has 108 valence electrons. The molecule has 20 heavy (non-hydrogen) atoms. The molecule has 0 radical (unpaired) electrons. The molecule has 0 amide bonds. The molecule has 1 atom stereocenters. The van der Waals surface area contributed by atoms with Gasteiger partial charge in [0.15, 0.2) is 0 Å². The van der Waals surface area contributed by atoms with Gasteiger partial charge in [-0.2, -0.15) is 13.2 Å². The second-order valence-corrected chi connectivity index (χ2v) is 5.06. The molecule has 0 aliphatic heterocycles. The van der Waals surface area contributed by atoms with Crippen LogP contribution in [0.3, 0.4) is 0 Å². The molecule has 0 fully saturated rings. The maximum absolute atomic E-state index is 12.5. The standard InChI is InChI=1S/C12H10Cl2F3N3/c1-2-8(13)10-6-20(19-18-10)11-4-3-7(5-9(11)14)12(15,16)17/h3-6,8H,2H2,1H3. The molecule has 3 nitrogen and oxygen atoms in total. The van der Waals surface area contributed by atoms with Crippen LogP contribution in [-0.4, -0.2) is 15.0 Å². The third-order valence-corrected chi connectivity index (χ3v) is 3.55. The van der Waals surface area contributed by atoms with Gasteiger partial charge in [0, 0.05) is 0 Å². The van der Waals surface area contributed by atoms with Gasteiger partial charge < -0.3 is 0 Å². The molecule has 0 saturated carbocycles. The zero-order chi connectivity index (χ0) is 14.9. The van der Waals surface area contributed by atoms with Crippen molar-refractivity contribution in [1.29, 1.82) is 0 Å². The average molecular weight is 324 g/mol. The van der Waals surface area contributed by atoms with Crippen LogP contribution < -0.4 is 0 Å². The largest absolute Gasteiger partial charge is 0.416 e. The van der Waals surface area contributed by atoms with E-state index in [1.807, 2.05) is 6.92 Å².